The molecule has 1 aromatic carbocycles. The van der Waals surface area contributed by atoms with Crippen LogP contribution in [0.5, 0.6) is 0 Å². The summed E-state index contributed by atoms with van der Waals surface area (Å²) in [7, 11) is 0. The van der Waals surface area contributed by atoms with Crippen molar-refractivity contribution in [2.45, 2.75) is 12.5 Å². The topological polar surface area (TPSA) is 92.9 Å². The van der Waals surface area contributed by atoms with Crippen molar-refractivity contribution < 1.29 is 13.6 Å². The Hall–Kier alpha value is -1.93. The van der Waals surface area contributed by atoms with E-state index in [2.05, 4.69) is 10.3 Å². The van der Waals surface area contributed by atoms with Crippen LogP contribution in [0.1, 0.15) is 0 Å². The maximum Gasteiger partial charge on any atom is 0.326 e. The summed E-state index contributed by atoms with van der Waals surface area (Å²) >= 11 is 0. The first-order valence-electron chi connectivity index (χ1n) is 5.95. The standard InChI is InChI=1S/C12H14F2N4O2.ClH/c13-12(14,6-15)7-16-10(19)5-18-9-4-2-1-3-8(9)17-11(18)20;/h1-4H,5-7,15H2,(H,16,19)(H,17,20);1H. The Kier molecular flexibility index (Phi) is 5.45. The van der Waals surface area contributed by atoms with Crippen LogP contribution >= 0.6 is 12.4 Å². The molecule has 6 nitrogen and oxygen atoms in total. The smallest absolute Gasteiger partial charge is 0.326 e. The molecule has 0 fully saturated rings. The Balaban J connectivity index is 0.00000220. The molecule has 2 aromatic rings. The molecule has 0 saturated carbocycles. The molecule has 21 heavy (non-hydrogen) atoms. The van der Waals surface area contributed by atoms with Gasteiger partial charge in [-0.15, -0.1) is 12.4 Å². The highest BCUT2D eigenvalue weighted by Gasteiger charge is 2.27. The molecule has 1 amide bonds. The molecule has 4 N–H and O–H groups in total. The number of imidazole rings is 1. The van der Waals surface area contributed by atoms with E-state index in [4.69, 9.17) is 5.73 Å². The number of carbonyl (C=O) groups excluding carboxylic acids is 1. The molecule has 0 unspecified atom stereocenters. The summed E-state index contributed by atoms with van der Waals surface area (Å²) in [5.74, 6) is -3.83. The van der Waals surface area contributed by atoms with Crippen LogP contribution < -0.4 is 16.7 Å². The molecule has 0 atom stereocenters. The van der Waals surface area contributed by atoms with Gasteiger partial charge in [0.05, 0.1) is 24.1 Å². The number of aromatic nitrogens is 2. The zero-order valence-corrected chi connectivity index (χ0v) is 11.8. The van der Waals surface area contributed by atoms with Gasteiger partial charge in [-0.3, -0.25) is 9.36 Å². The first kappa shape index (κ1) is 17.1. The second-order valence-corrected chi connectivity index (χ2v) is 4.37. The molecule has 1 aromatic heterocycles. The highest BCUT2D eigenvalue weighted by molar-refractivity contribution is 5.85. The van der Waals surface area contributed by atoms with E-state index in [9.17, 15) is 18.4 Å². The monoisotopic (exact) mass is 320 g/mol. The SMILES string of the molecule is Cl.NCC(F)(F)CNC(=O)Cn1c(=O)[nH]c2ccccc21. The Morgan fingerprint density at radius 2 is 2.05 bits per heavy atom. The van der Waals surface area contributed by atoms with Gasteiger partial charge in [-0.1, -0.05) is 12.1 Å². The van der Waals surface area contributed by atoms with Crippen molar-refractivity contribution in [2.24, 2.45) is 5.73 Å². The number of nitrogens with zero attached hydrogens (tertiary/aromatic N) is 1. The predicted octanol–water partition coefficient (Wildman–Crippen LogP) is 0.462. The van der Waals surface area contributed by atoms with Crippen LogP contribution in [0.4, 0.5) is 8.78 Å². The molecule has 2 rings (SSSR count). The lowest BCUT2D eigenvalue weighted by Crippen LogP contribution is -2.43. The number of aromatic amines is 1. The summed E-state index contributed by atoms with van der Waals surface area (Å²) in [6.45, 7) is -2.02. The largest absolute Gasteiger partial charge is 0.348 e. The van der Waals surface area contributed by atoms with Crippen molar-refractivity contribution in [3.63, 3.8) is 0 Å². The number of carbonyl (C=O) groups is 1. The normalized spacial score (nSPS) is 11.2. The number of hydrogen-bond acceptors (Lipinski definition) is 3. The zero-order chi connectivity index (χ0) is 14.8. The summed E-state index contributed by atoms with van der Waals surface area (Å²) in [6, 6.07) is 6.81. The fourth-order valence-electron chi connectivity index (χ4n) is 1.76. The van der Waals surface area contributed by atoms with E-state index in [1.165, 1.54) is 4.57 Å². The summed E-state index contributed by atoms with van der Waals surface area (Å²) in [4.78, 5) is 25.9. The highest BCUT2D eigenvalue weighted by atomic mass is 35.5. The first-order valence-corrected chi connectivity index (χ1v) is 5.95. The summed E-state index contributed by atoms with van der Waals surface area (Å²) in [5.41, 5.74) is 5.52. The van der Waals surface area contributed by atoms with Crippen molar-refractivity contribution >= 4 is 29.3 Å². The van der Waals surface area contributed by atoms with Gasteiger partial charge in [-0.05, 0) is 12.1 Å². The van der Waals surface area contributed by atoms with Gasteiger partial charge in [0.15, 0.2) is 0 Å². The number of halogens is 3. The lowest BCUT2D eigenvalue weighted by atomic mass is 10.3. The van der Waals surface area contributed by atoms with E-state index in [0.29, 0.717) is 11.0 Å². The Morgan fingerprint density at radius 1 is 1.38 bits per heavy atom. The van der Waals surface area contributed by atoms with Crippen molar-refractivity contribution in [1.29, 1.82) is 0 Å². The zero-order valence-electron chi connectivity index (χ0n) is 10.9. The summed E-state index contributed by atoms with van der Waals surface area (Å²) in [5, 5.41) is 2.06. The minimum Gasteiger partial charge on any atom is -0.348 e. The summed E-state index contributed by atoms with van der Waals surface area (Å²) < 4.78 is 27.0. The van der Waals surface area contributed by atoms with E-state index >= 15 is 0 Å². The number of nitrogens with one attached hydrogen (secondary N) is 2. The van der Waals surface area contributed by atoms with Crippen LogP contribution in [0, 0.1) is 0 Å². The minimum atomic E-state index is -3.15. The van der Waals surface area contributed by atoms with E-state index in [0.717, 1.165) is 0 Å². The number of alkyl halides is 2. The van der Waals surface area contributed by atoms with Crippen LogP contribution in [-0.4, -0.2) is 34.5 Å². The molecule has 0 aliphatic heterocycles. The lowest BCUT2D eigenvalue weighted by molar-refractivity contribution is -0.123. The second kappa shape index (κ2) is 6.68. The van der Waals surface area contributed by atoms with Crippen LogP contribution in [-0.2, 0) is 11.3 Å². The third-order valence-electron chi connectivity index (χ3n) is 2.83. The van der Waals surface area contributed by atoms with Gasteiger partial charge in [-0.25, -0.2) is 13.6 Å². The van der Waals surface area contributed by atoms with Crippen LogP contribution in [0.2, 0.25) is 0 Å². The van der Waals surface area contributed by atoms with Gasteiger partial charge in [0.25, 0.3) is 5.92 Å². The number of hydrogen-bond donors (Lipinski definition) is 3. The second-order valence-electron chi connectivity index (χ2n) is 4.37. The molecular weight excluding hydrogens is 306 g/mol. The molecule has 0 saturated heterocycles. The van der Waals surface area contributed by atoms with Crippen molar-refractivity contribution in [2.75, 3.05) is 13.1 Å². The quantitative estimate of drug-likeness (QED) is 0.747. The summed E-state index contributed by atoms with van der Waals surface area (Å²) in [6.07, 6.45) is 0. The maximum absolute atomic E-state index is 12.9. The van der Waals surface area contributed by atoms with Crippen LogP contribution in [0.15, 0.2) is 29.1 Å². The van der Waals surface area contributed by atoms with Gasteiger partial charge in [-0.2, -0.15) is 0 Å². The average molecular weight is 321 g/mol. The van der Waals surface area contributed by atoms with E-state index in [1.807, 2.05) is 0 Å². The van der Waals surface area contributed by atoms with Crippen LogP contribution in [0.25, 0.3) is 11.0 Å². The number of H-pyrrole nitrogens is 1. The van der Waals surface area contributed by atoms with Gasteiger partial charge in [0.1, 0.15) is 6.54 Å². The van der Waals surface area contributed by atoms with Crippen molar-refractivity contribution in [1.82, 2.24) is 14.9 Å². The molecule has 1 heterocycles. The van der Waals surface area contributed by atoms with E-state index < -0.39 is 30.6 Å². The third kappa shape index (κ3) is 4.02. The van der Waals surface area contributed by atoms with Gasteiger partial charge in [0.2, 0.25) is 5.91 Å². The molecular formula is C12H15ClF2N4O2. The first-order chi connectivity index (χ1) is 9.43. The minimum absolute atomic E-state index is 0. The molecule has 0 radical (unpaired) electrons. The fourth-order valence-corrected chi connectivity index (χ4v) is 1.76. The number of para-hydroxylation sites is 2. The molecule has 0 bridgehead atoms. The molecule has 0 aliphatic rings. The predicted molar refractivity (Wildman–Crippen MR) is 76.8 cm³/mol. The van der Waals surface area contributed by atoms with Crippen molar-refractivity contribution in [3.05, 3.63) is 34.7 Å². The van der Waals surface area contributed by atoms with Crippen LogP contribution in [0.3, 0.4) is 0 Å². The van der Waals surface area contributed by atoms with Gasteiger partial charge < -0.3 is 16.0 Å². The Morgan fingerprint density at radius 3 is 2.71 bits per heavy atom. The lowest BCUT2D eigenvalue weighted by Gasteiger charge is -2.14. The molecule has 0 aliphatic carbocycles. The fraction of sp³-hybridized carbons (Fsp3) is 0.333. The highest BCUT2D eigenvalue weighted by Crippen LogP contribution is 2.10. The number of nitrogens with two attached hydrogens (primary N) is 1. The number of amides is 1. The van der Waals surface area contributed by atoms with Crippen molar-refractivity contribution in [3.8, 4) is 0 Å². The molecule has 0 spiro atoms. The Bertz CT molecular complexity index is 683. The van der Waals surface area contributed by atoms with Gasteiger partial charge in [0, 0.05) is 0 Å². The average Bonchev–Trinajstić information content (AvgIpc) is 2.73. The number of rotatable bonds is 5. The molecule has 116 valence electrons. The third-order valence-corrected chi connectivity index (χ3v) is 2.83. The Labute approximate surface area is 124 Å². The number of fused-ring (bicyclic) bond motifs is 1. The van der Waals surface area contributed by atoms with E-state index in [-0.39, 0.29) is 19.0 Å². The number of benzene rings is 1. The maximum atomic E-state index is 12.9. The molecule has 9 heteroatoms. The van der Waals surface area contributed by atoms with Gasteiger partial charge >= 0.3 is 5.69 Å². The van der Waals surface area contributed by atoms with E-state index in [1.54, 1.807) is 24.3 Å².